The average Bonchev–Trinajstić information content (AvgIpc) is 3.30. The molecular weight excluding hydrogens is 344 g/mol. The second kappa shape index (κ2) is 5.58. The summed E-state index contributed by atoms with van der Waals surface area (Å²) in [6.45, 7) is 2.06. The molecule has 4 heteroatoms. The molecule has 0 unspecified atom stereocenters. The van der Waals surface area contributed by atoms with Gasteiger partial charge in [-0.15, -0.1) is 11.3 Å². The van der Waals surface area contributed by atoms with Crippen molar-refractivity contribution in [3.8, 4) is 5.75 Å². The van der Waals surface area contributed by atoms with E-state index in [-0.39, 0.29) is 11.5 Å². The molecule has 26 heavy (non-hydrogen) atoms. The van der Waals surface area contributed by atoms with Gasteiger partial charge in [-0.3, -0.25) is 0 Å². The first-order chi connectivity index (χ1) is 12.7. The Morgan fingerprint density at radius 3 is 2.50 bits per heavy atom. The molecule has 4 aromatic rings. The summed E-state index contributed by atoms with van der Waals surface area (Å²) in [6.07, 6.45) is 0. The molecular formula is C22H16O3S. The lowest BCUT2D eigenvalue weighted by molar-refractivity contribution is 0.104. The Hall–Kier alpha value is -2.85. The summed E-state index contributed by atoms with van der Waals surface area (Å²) in [5, 5.41) is 2.87. The maximum absolute atomic E-state index is 12.9. The van der Waals surface area contributed by atoms with Crippen molar-refractivity contribution < 1.29 is 9.15 Å². The smallest absolute Gasteiger partial charge is 0.344 e. The zero-order valence-corrected chi connectivity index (χ0v) is 15.0. The van der Waals surface area contributed by atoms with Crippen LogP contribution in [0.1, 0.15) is 28.8 Å². The number of hydrogen-bond donors (Lipinski definition) is 0. The minimum Gasteiger partial charge on any atom is -0.480 e. The summed E-state index contributed by atoms with van der Waals surface area (Å²) >= 11 is 1.64. The standard InChI is InChI=1S/C22H16O3S/c1-22(17-12-7-13-26-17)19(14-8-3-2-4-9-14)18-20(25-22)15-10-5-6-11-16(15)24-21(18)23/h2-13,19H,1H3/t19-,22+/m0/s1. The Morgan fingerprint density at radius 1 is 0.962 bits per heavy atom. The van der Waals surface area contributed by atoms with Gasteiger partial charge < -0.3 is 9.15 Å². The fourth-order valence-corrected chi connectivity index (χ4v) is 4.78. The number of fused-ring (bicyclic) bond motifs is 3. The summed E-state index contributed by atoms with van der Waals surface area (Å²) in [4.78, 5) is 14.0. The second-order valence-corrected chi connectivity index (χ2v) is 7.61. The zero-order chi connectivity index (χ0) is 17.7. The molecule has 0 bridgehead atoms. The molecule has 3 nitrogen and oxygen atoms in total. The van der Waals surface area contributed by atoms with E-state index in [9.17, 15) is 4.79 Å². The molecule has 2 aromatic carbocycles. The van der Waals surface area contributed by atoms with Crippen LogP contribution in [-0.4, -0.2) is 0 Å². The SMILES string of the molecule is C[C@]1(c2cccs2)Oc2c(c(=O)oc3ccccc23)[C@@H]1c1ccccc1. The van der Waals surface area contributed by atoms with Crippen LogP contribution in [0.3, 0.4) is 0 Å². The van der Waals surface area contributed by atoms with Crippen LogP contribution in [0.15, 0.2) is 81.3 Å². The highest BCUT2D eigenvalue weighted by molar-refractivity contribution is 7.10. The largest absolute Gasteiger partial charge is 0.480 e. The lowest BCUT2D eigenvalue weighted by Crippen LogP contribution is -2.32. The van der Waals surface area contributed by atoms with E-state index in [1.165, 1.54) is 0 Å². The van der Waals surface area contributed by atoms with Crippen LogP contribution in [0.25, 0.3) is 11.0 Å². The van der Waals surface area contributed by atoms with Crippen LogP contribution >= 0.6 is 11.3 Å². The first-order valence-corrected chi connectivity index (χ1v) is 9.40. The van der Waals surface area contributed by atoms with Gasteiger partial charge in [-0.1, -0.05) is 48.5 Å². The third kappa shape index (κ3) is 2.09. The zero-order valence-electron chi connectivity index (χ0n) is 14.1. The van der Waals surface area contributed by atoms with Crippen LogP contribution in [0.2, 0.25) is 0 Å². The van der Waals surface area contributed by atoms with Crippen LogP contribution in [0.5, 0.6) is 5.75 Å². The molecule has 0 saturated carbocycles. The van der Waals surface area contributed by atoms with Crippen molar-refractivity contribution in [2.24, 2.45) is 0 Å². The molecule has 0 aliphatic carbocycles. The van der Waals surface area contributed by atoms with Gasteiger partial charge in [0, 0.05) is 4.88 Å². The van der Waals surface area contributed by atoms with E-state index >= 15 is 0 Å². The molecule has 1 aliphatic heterocycles. The first-order valence-electron chi connectivity index (χ1n) is 8.52. The predicted octanol–water partition coefficient (Wildman–Crippen LogP) is 5.29. The fourth-order valence-electron chi connectivity index (χ4n) is 3.92. The maximum Gasteiger partial charge on any atom is 0.344 e. The van der Waals surface area contributed by atoms with Gasteiger partial charge >= 0.3 is 5.63 Å². The van der Waals surface area contributed by atoms with E-state index in [0.717, 1.165) is 15.8 Å². The topological polar surface area (TPSA) is 39.4 Å². The van der Waals surface area contributed by atoms with Gasteiger partial charge in [-0.05, 0) is 36.1 Å². The van der Waals surface area contributed by atoms with E-state index in [4.69, 9.17) is 9.15 Å². The second-order valence-electron chi connectivity index (χ2n) is 6.66. The Balaban J connectivity index is 1.86. The first kappa shape index (κ1) is 15.4. The summed E-state index contributed by atoms with van der Waals surface area (Å²) in [5.74, 6) is 0.416. The van der Waals surface area contributed by atoms with Crippen LogP contribution in [0.4, 0.5) is 0 Å². The van der Waals surface area contributed by atoms with Crippen molar-refractivity contribution in [3.05, 3.63) is 98.5 Å². The molecule has 2 atom stereocenters. The van der Waals surface area contributed by atoms with E-state index < -0.39 is 5.60 Å². The third-order valence-electron chi connectivity index (χ3n) is 5.10. The van der Waals surface area contributed by atoms with Gasteiger partial charge in [-0.25, -0.2) is 4.79 Å². The van der Waals surface area contributed by atoms with Crippen molar-refractivity contribution in [3.63, 3.8) is 0 Å². The maximum atomic E-state index is 12.9. The Bertz CT molecular complexity index is 1150. The molecule has 0 radical (unpaired) electrons. The average molecular weight is 360 g/mol. The highest BCUT2D eigenvalue weighted by Crippen LogP contribution is 2.54. The minimum absolute atomic E-state index is 0.224. The summed E-state index contributed by atoms with van der Waals surface area (Å²) in [5.41, 5.74) is 1.22. The quantitative estimate of drug-likeness (QED) is 0.456. The lowest BCUT2D eigenvalue weighted by Gasteiger charge is -2.30. The van der Waals surface area contributed by atoms with Gasteiger partial charge in [-0.2, -0.15) is 0 Å². The summed E-state index contributed by atoms with van der Waals surface area (Å²) in [7, 11) is 0. The molecule has 128 valence electrons. The third-order valence-corrected chi connectivity index (χ3v) is 6.18. The Labute approximate surface area is 154 Å². The normalized spacial score (nSPS) is 21.5. The molecule has 0 fully saturated rings. The Kier molecular flexibility index (Phi) is 3.31. The lowest BCUT2D eigenvalue weighted by atomic mass is 9.80. The molecule has 0 spiro atoms. The van der Waals surface area contributed by atoms with Crippen LogP contribution in [0, 0.1) is 0 Å². The van der Waals surface area contributed by atoms with Crippen molar-refractivity contribution in [2.45, 2.75) is 18.4 Å². The fraction of sp³-hybridized carbons (Fsp3) is 0.136. The van der Waals surface area contributed by atoms with Crippen molar-refractivity contribution in [1.29, 1.82) is 0 Å². The summed E-state index contributed by atoms with van der Waals surface area (Å²) < 4.78 is 12.2. The van der Waals surface area contributed by atoms with Crippen molar-refractivity contribution in [2.75, 3.05) is 0 Å². The Morgan fingerprint density at radius 2 is 1.73 bits per heavy atom. The number of thiophene rings is 1. The van der Waals surface area contributed by atoms with Gasteiger partial charge in [0.05, 0.1) is 16.9 Å². The molecule has 1 aliphatic rings. The molecule has 0 amide bonds. The van der Waals surface area contributed by atoms with Gasteiger partial charge in [0.2, 0.25) is 0 Å². The minimum atomic E-state index is -0.656. The van der Waals surface area contributed by atoms with Crippen LogP contribution < -0.4 is 10.4 Å². The molecule has 5 rings (SSSR count). The number of rotatable bonds is 2. The monoisotopic (exact) mass is 360 g/mol. The number of ether oxygens (including phenoxy) is 1. The molecule has 0 saturated heterocycles. The van der Waals surface area contributed by atoms with Crippen molar-refractivity contribution >= 4 is 22.3 Å². The van der Waals surface area contributed by atoms with Crippen LogP contribution in [-0.2, 0) is 5.60 Å². The van der Waals surface area contributed by atoms with Gasteiger partial charge in [0.25, 0.3) is 0 Å². The van der Waals surface area contributed by atoms with E-state index in [0.29, 0.717) is 16.9 Å². The molecule has 2 aromatic heterocycles. The molecule has 3 heterocycles. The predicted molar refractivity (Wildman–Crippen MR) is 103 cm³/mol. The molecule has 0 N–H and O–H groups in total. The number of para-hydroxylation sites is 1. The van der Waals surface area contributed by atoms with E-state index in [2.05, 4.69) is 13.0 Å². The number of hydrogen-bond acceptors (Lipinski definition) is 4. The highest BCUT2D eigenvalue weighted by atomic mass is 32.1. The van der Waals surface area contributed by atoms with Gasteiger partial charge in [0.1, 0.15) is 11.3 Å². The highest BCUT2D eigenvalue weighted by Gasteiger charge is 2.50. The van der Waals surface area contributed by atoms with Crippen molar-refractivity contribution in [1.82, 2.24) is 0 Å². The van der Waals surface area contributed by atoms with E-state index in [1.807, 2.05) is 60.0 Å². The number of benzene rings is 2. The van der Waals surface area contributed by atoms with E-state index in [1.54, 1.807) is 17.4 Å². The van der Waals surface area contributed by atoms with Gasteiger partial charge in [0.15, 0.2) is 5.60 Å². The summed E-state index contributed by atoms with van der Waals surface area (Å²) in [6, 6.07) is 21.7.